The molecule has 0 aliphatic heterocycles. The molecule has 0 aliphatic rings. The Morgan fingerprint density at radius 2 is 1.68 bits per heavy atom. The Kier molecular flexibility index (Phi) is 7.43. The zero-order valence-corrected chi connectivity index (χ0v) is 21.5. The molecule has 1 atom stereocenters. The monoisotopic (exact) mass is 576 g/mol. The highest BCUT2D eigenvalue weighted by Crippen LogP contribution is 2.32. The molecule has 1 heterocycles. The number of carbonyl (C=O) groups is 2. The minimum Gasteiger partial charge on any atom is -0.449 e. The SMILES string of the molecule is CC(OC(=O)c1cc(-c2cccc(Br)c2)nc2ccccc12)C(=O)Nc1cc(Cl)c(Cl)cc1Cl. The number of ether oxygens (including phenoxy) is 1. The Morgan fingerprint density at radius 1 is 0.941 bits per heavy atom. The van der Waals surface area contributed by atoms with Gasteiger partial charge in [-0.25, -0.2) is 9.78 Å². The van der Waals surface area contributed by atoms with Gasteiger partial charge in [0.25, 0.3) is 5.91 Å². The minimum absolute atomic E-state index is 0.208. The number of halogens is 4. The second-order valence-electron chi connectivity index (χ2n) is 7.37. The van der Waals surface area contributed by atoms with Crippen molar-refractivity contribution >= 4 is 79.2 Å². The Hall–Kier alpha value is -2.64. The molecule has 1 unspecified atom stereocenters. The largest absolute Gasteiger partial charge is 0.449 e. The maximum absolute atomic E-state index is 13.1. The van der Waals surface area contributed by atoms with Crippen LogP contribution in [0.15, 0.2) is 71.2 Å². The molecule has 4 aromatic rings. The molecule has 0 radical (unpaired) electrons. The molecule has 1 aromatic heterocycles. The van der Waals surface area contributed by atoms with E-state index in [1.165, 1.54) is 19.1 Å². The van der Waals surface area contributed by atoms with Gasteiger partial charge in [-0.3, -0.25) is 4.79 Å². The second-order valence-corrected chi connectivity index (χ2v) is 9.50. The maximum atomic E-state index is 13.1. The first-order valence-corrected chi connectivity index (χ1v) is 12.0. The second kappa shape index (κ2) is 10.3. The first kappa shape index (κ1) is 24.5. The Morgan fingerprint density at radius 3 is 2.44 bits per heavy atom. The summed E-state index contributed by atoms with van der Waals surface area (Å²) in [6.07, 6.45) is -1.11. The van der Waals surface area contributed by atoms with Gasteiger partial charge in [0.15, 0.2) is 6.10 Å². The molecule has 1 amide bonds. The fraction of sp³-hybridized carbons (Fsp3) is 0.0800. The molecule has 0 spiro atoms. The average molecular weight is 579 g/mol. The van der Waals surface area contributed by atoms with Gasteiger partial charge in [0.1, 0.15) is 0 Å². The summed E-state index contributed by atoms with van der Waals surface area (Å²) in [5, 5.41) is 3.92. The number of aromatic nitrogens is 1. The van der Waals surface area contributed by atoms with Gasteiger partial charge < -0.3 is 10.1 Å². The Balaban J connectivity index is 1.61. The van der Waals surface area contributed by atoms with Crippen molar-refractivity contribution in [1.82, 2.24) is 4.98 Å². The van der Waals surface area contributed by atoms with Crippen LogP contribution in [0.3, 0.4) is 0 Å². The molecule has 9 heteroatoms. The number of hydrogen-bond acceptors (Lipinski definition) is 4. The molecule has 5 nitrogen and oxygen atoms in total. The van der Waals surface area contributed by atoms with Crippen molar-refractivity contribution in [2.45, 2.75) is 13.0 Å². The van der Waals surface area contributed by atoms with Gasteiger partial charge in [-0.2, -0.15) is 0 Å². The third kappa shape index (κ3) is 5.36. The lowest BCUT2D eigenvalue weighted by molar-refractivity contribution is -0.123. The van der Waals surface area contributed by atoms with Crippen LogP contribution in [0.25, 0.3) is 22.2 Å². The van der Waals surface area contributed by atoms with Crippen LogP contribution in [-0.4, -0.2) is 23.0 Å². The van der Waals surface area contributed by atoms with E-state index in [-0.39, 0.29) is 20.8 Å². The molecule has 0 saturated heterocycles. The Bertz CT molecular complexity index is 1430. The molecule has 1 N–H and O–H groups in total. The normalized spacial score (nSPS) is 11.8. The van der Waals surface area contributed by atoms with Crippen molar-refractivity contribution in [2.24, 2.45) is 0 Å². The topological polar surface area (TPSA) is 68.3 Å². The third-order valence-corrected chi connectivity index (χ3v) is 6.51. The van der Waals surface area contributed by atoms with Crippen molar-refractivity contribution in [3.8, 4) is 11.3 Å². The van der Waals surface area contributed by atoms with E-state index in [1.54, 1.807) is 12.1 Å². The van der Waals surface area contributed by atoms with Gasteiger partial charge in [0.05, 0.1) is 37.5 Å². The van der Waals surface area contributed by atoms with Crippen LogP contribution in [0, 0.1) is 0 Å². The van der Waals surface area contributed by atoms with E-state index < -0.39 is 18.0 Å². The summed E-state index contributed by atoms with van der Waals surface area (Å²) in [6.45, 7) is 1.47. The van der Waals surface area contributed by atoms with Crippen molar-refractivity contribution in [1.29, 1.82) is 0 Å². The van der Waals surface area contributed by atoms with Crippen molar-refractivity contribution in [3.63, 3.8) is 0 Å². The molecule has 4 rings (SSSR count). The molecule has 3 aromatic carbocycles. The number of anilines is 1. The number of carbonyl (C=O) groups excluding carboxylic acids is 2. The number of hydrogen-bond donors (Lipinski definition) is 1. The number of rotatable bonds is 5. The number of pyridine rings is 1. The van der Waals surface area contributed by atoms with Crippen LogP contribution in [0.2, 0.25) is 15.1 Å². The standard InChI is InChI=1S/C25H16BrCl3N2O3/c1-13(24(32)31-23-12-19(28)18(27)11-20(23)29)34-25(33)17-10-22(14-5-4-6-15(26)9-14)30-21-8-3-2-7-16(17)21/h2-13H,1H3,(H,31,32). The predicted molar refractivity (Wildman–Crippen MR) is 140 cm³/mol. The maximum Gasteiger partial charge on any atom is 0.339 e. The van der Waals surface area contributed by atoms with Gasteiger partial charge in [-0.1, -0.05) is 81.1 Å². The number of para-hydroxylation sites is 1. The molecular formula is C25H16BrCl3N2O3. The van der Waals surface area contributed by atoms with Gasteiger partial charge in [-0.05, 0) is 43.3 Å². The van der Waals surface area contributed by atoms with E-state index in [1.807, 2.05) is 42.5 Å². The highest BCUT2D eigenvalue weighted by atomic mass is 79.9. The van der Waals surface area contributed by atoms with Crippen LogP contribution in [0.1, 0.15) is 17.3 Å². The summed E-state index contributed by atoms with van der Waals surface area (Å²) in [5.74, 6) is -1.23. The van der Waals surface area contributed by atoms with Crippen molar-refractivity contribution < 1.29 is 14.3 Å². The molecule has 0 fully saturated rings. The summed E-state index contributed by atoms with van der Waals surface area (Å²) in [5.41, 5.74) is 2.62. The fourth-order valence-corrected chi connectivity index (χ4v) is 4.26. The number of amides is 1. The van der Waals surface area contributed by atoms with Crippen molar-refractivity contribution in [2.75, 3.05) is 5.32 Å². The number of esters is 1. The molecular weight excluding hydrogens is 563 g/mol. The first-order chi connectivity index (χ1) is 16.2. The highest BCUT2D eigenvalue weighted by Gasteiger charge is 2.22. The molecule has 0 saturated carbocycles. The first-order valence-electron chi connectivity index (χ1n) is 10.0. The smallest absolute Gasteiger partial charge is 0.339 e. The zero-order valence-electron chi connectivity index (χ0n) is 17.6. The van der Waals surface area contributed by atoms with E-state index in [4.69, 9.17) is 39.5 Å². The van der Waals surface area contributed by atoms with Gasteiger partial charge in [0.2, 0.25) is 0 Å². The summed E-state index contributed by atoms with van der Waals surface area (Å²) in [7, 11) is 0. The van der Waals surface area contributed by atoms with Crippen LogP contribution < -0.4 is 5.32 Å². The summed E-state index contributed by atoms with van der Waals surface area (Å²) in [6, 6.07) is 19.3. The van der Waals surface area contributed by atoms with E-state index in [2.05, 4.69) is 26.2 Å². The van der Waals surface area contributed by atoms with E-state index in [0.29, 0.717) is 22.2 Å². The third-order valence-electron chi connectivity index (χ3n) is 4.98. The van der Waals surface area contributed by atoms with Crippen LogP contribution in [0.5, 0.6) is 0 Å². The van der Waals surface area contributed by atoms with Crippen LogP contribution in [-0.2, 0) is 9.53 Å². The summed E-state index contributed by atoms with van der Waals surface area (Å²) in [4.78, 5) is 30.5. The highest BCUT2D eigenvalue weighted by molar-refractivity contribution is 9.10. The lowest BCUT2D eigenvalue weighted by Crippen LogP contribution is -2.30. The fourth-order valence-electron chi connectivity index (χ4n) is 3.27. The van der Waals surface area contributed by atoms with Crippen molar-refractivity contribution in [3.05, 3.63) is 91.8 Å². The van der Waals surface area contributed by atoms with Gasteiger partial charge >= 0.3 is 5.97 Å². The number of nitrogens with zero attached hydrogens (tertiary/aromatic N) is 1. The number of nitrogens with one attached hydrogen (secondary N) is 1. The van der Waals surface area contributed by atoms with Gasteiger partial charge in [0, 0.05) is 15.4 Å². The quantitative estimate of drug-likeness (QED) is 0.194. The Labute approximate surface area is 219 Å². The average Bonchev–Trinajstić information content (AvgIpc) is 2.81. The van der Waals surface area contributed by atoms with E-state index in [9.17, 15) is 9.59 Å². The van der Waals surface area contributed by atoms with Crippen LogP contribution >= 0.6 is 50.7 Å². The summed E-state index contributed by atoms with van der Waals surface area (Å²) >= 11 is 21.5. The number of benzene rings is 3. The van der Waals surface area contributed by atoms with Gasteiger partial charge in [-0.15, -0.1) is 0 Å². The lowest BCUT2D eigenvalue weighted by atomic mass is 10.0. The molecule has 0 bridgehead atoms. The molecule has 172 valence electrons. The molecule has 0 aliphatic carbocycles. The minimum atomic E-state index is -1.11. The lowest BCUT2D eigenvalue weighted by Gasteiger charge is -2.16. The number of fused-ring (bicyclic) bond motifs is 1. The zero-order chi connectivity index (χ0) is 24.4. The predicted octanol–water partition coefficient (Wildman–Crippen LogP) is 7.81. The molecule has 34 heavy (non-hydrogen) atoms. The van der Waals surface area contributed by atoms with E-state index in [0.717, 1.165) is 10.0 Å². The van der Waals surface area contributed by atoms with E-state index >= 15 is 0 Å². The summed E-state index contributed by atoms with van der Waals surface area (Å²) < 4.78 is 6.38. The van der Waals surface area contributed by atoms with Crippen LogP contribution in [0.4, 0.5) is 5.69 Å².